The van der Waals surface area contributed by atoms with Gasteiger partial charge in [0.25, 0.3) is 0 Å². The van der Waals surface area contributed by atoms with Crippen LogP contribution in [0.5, 0.6) is 0 Å². The fraction of sp³-hybridized carbons (Fsp3) is 0.889. The minimum atomic E-state index is 1.25. The lowest BCUT2D eigenvalue weighted by Gasteiger charge is -2.34. The Balaban J connectivity index is 0. The molecule has 0 aromatic rings. The van der Waals surface area contributed by atoms with E-state index < -0.39 is 0 Å². The molecule has 3 heteroatoms. The van der Waals surface area contributed by atoms with Crippen molar-refractivity contribution in [1.82, 2.24) is 0 Å². The van der Waals surface area contributed by atoms with Crippen LogP contribution in [-0.4, -0.2) is 30.7 Å². The van der Waals surface area contributed by atoms with Crippen molar-refractivity contribution < 1.29 is 4.48 Å². The molecular weight excluding hydrogens is 150 g/mol. The van der Waals surface area contributed by atoms with Crippen molar-refractivity contribution in [2.75, 3.05) is 26.2 Å². The van der Waals surface area contributed by atoms with Gasteiger partial charge in [-0.3, -0.25) is 0 Å². The Bertz CT molecular complexity index is 105. The van der Waals surface area contributed by atoms with Crippen LogP contribution >= 0.6 is 0 Å². The molecule has 0 aromatic heterocycles. The van der Waals surface area contributed by atoms with Gasteiger partial charge in [-0.2, -0.15) is 5.26 Å². The molecule has 0 atom stereocenters. The van der Waals surface area contributed by atoms with Crippen molar-refractivity contribution in [2.45, 2.75) is 27.7 Å². The van der Waals surface area contributed by atoms with Gasteiger partial charge < -0.3 is 10.2 Å². The molecule has 0 saturated heterocycles. The highest BCUT2D eigenvalue weighted by atomic mass is 15.3. The van der Waals surface area contributed by atoms with Gasteiger partial charge >= 0.3 is 0 Å². The van der Waals surface area contributed by atoms with Gasteiger partial charge in [0.1, 0.15) is 0 Å². The van der Waals surface area contributed by atoms with E-state index in [-0.39, 0.29) is 0 Å². The molecule has 0 unspecified atom stereocenters. The Kier molecular flexibility index (Phi) is 9.61. The maximum Gasteiger partial charge on any atom is 0.173 e. The van der Waals surface area contributed by atoms with Crippen LogP contribution in [0.3, 0.4) is 0 Å². The first-order chi connectivity index (χ1) is 5.66. The average molecular weight is 172 g/mol. The van der Waals surface area contributed by atoms with Crippen molar-refractivity contribution >= 4 is 0 Å². The normalized spacial score (nSPS) is 9.58. The molecule has 0 amide bonds. The van der Waals surface area contributed by atoms with Gasteiger partial charge in [-0.1, -0.05) is 0 Å². The van der Waals surface area contributed by atoms with Crippen LogP contribution < -0.4 is 5.73 Å². The summed E-state index contributed by atoms with van der Waals surface area (Å²) in [6, 6.07) is 0. The third kappa shape index (κ3) is 4.97. The largest absolute Gasteiger partial charge is 0.337 e. The van der Waals surface area contributed by atoms with Gasteiger partial charge in [0.15, 0.2) is 6.19 Å². The predicted octanol–water partition coefficient (Wildman–Crippen LogP) is 1.31. The van der Waals surface area contributed by atoms with Crippen molar-refractivity contribution in [1.29, 1.82) is 5.26 Å². The van der Waals surface area contributed by atoms with Crippen LogP contribution in [0, 0.1) is 11.5 Å². The van der Waals surface area contributed by atoms with E-state index in [2.05, 4.69) is 33.4 Å². The number of nitrogens with zero attached hydrogens (tertiary/aromatic N) is 2. The lowest BCUT2D eigenvalue weighted by molar-refractivity contribution is -0.921. The summed E-state index contributed by atoms with van der Waals surface area (Å²) in [6.45, 7) is 14.2. The van der Waals surface area contributed by atoms with E-state index in [0.717, 1.165) is 0 Å². The molecule has 0 fully saturated rings. The lowest BCUT2D eigenvalue weighted by Crippen LogP contribution is -2.47. The van der Waals surface area contributed by atoms with E-state index in [1.807, 2.05) is 0 Å². The number of nitriles is 1. The second-order valence-electron chi connectivity index (χ2n) is 2.74. The standard InChI is InChI=1S/C8H20N.CH2N2/c1-5-9(6-2,7-3)8-4;2-1-3/h5-8H2,1-4H3;2H2/q+1;. The number of hydrogen-bond acceptors (Lipinski definition) is 2. The van der Waals surface area contributed by atoms with Crippen molar-refractivity contribution in [2.24, 2.45) is 5.73 Å². The van der Waals surface area contributed by atoms with E-state index in [1.54, 1.807) is 0 Å². The number of quaternary nitrogens is 1. The van der Waals surface area contributed by atoms with Crippen LogP contribution in [0.15, 0.2) is 0 Å². The lowest BCUT2D eigenvalue weighted by atomic mass is 10.3. The second-order valence-corrected chi connectivity index (χ2v) is 2.74. The molecule has 0 heterocycles. The molecule has 12 heavy (non-hydrogen) atoms. The van der Waals surface area contributed by atoms with E-state index >= 15 is 0 Å². The molecule has 0 saturated carbocycles. The molecule has 2 N–H and O–H groups in total. The summed E-state index contributed by atoms with van der Waals surface area (Å²) < 4.78 is 1.28. The summed E-state index contributed by atoms with van der Waals surface area (Å²) in [7, 11) is 0. The van der Waals surface area contributed by atoms with Gasteiger partial charge in [-0.25, -0.2) is 0 Å². The zero-order chi connectivity index (χ0) is 10.0. The third-order valence-corrected chi connectivity index (χ3v) is 2.68. The van der Waals surface area contributed by atoms with Crippen LogP contribution in [0.1, 0.15) is 27.7 Å². The summed E-state index contributed by atoms with van der Waals surface area (Å²) in [6.07, 6.45) is 1.25. The summed E-state index contributed by atoms with van der Waals surface area (Å²) in [5, 5.41) is 7.10. The highest BCUT2D eigenvalue weighted by Gasteiger charge is 2.16. The maximum absolute atomic E-state index is 7.10. The Hall–Kier alpha value is -0.750. The molecule has 0 aromatic carbocycles. The van der Waals surface area contributed by atoms with Crippen LogP contribution in [0.2, 0.25) is 0 Å². The molecule has 0 spiro atoms. The molecule has 0 aliphatic rings. The van der Waals surface area contributed by atoms with E-state index in [4.69, 9.17) is 5.26 Å². The monoisotopic (exact) mass is 172 g/mol. The summed E-state index contributed by atoms with van der Waals surface area (Å²) in [5.41, 5.74) is 4.15. The van der Waals surface area contributed by atoms with E-state index in [1.165, 1.54) is 36.9 Å². The van der Waals surface area contributed by atoms with Crippen molar-refractivity contribution in [3.05, 3.63) is 0 Å². The molecular formula is C9H22N3+. The number of rotatable bonds is 4. The SMILES string of the molecule is CC[N+](CC)(CC)CC.N#CN. The smallest absolute Gasteiger partial charge is 0.173 e. The fourth-order valence-corrected chi connectivity index (χ4v) is 1.34. The minimum Gasteiger partial charge on any atom is -0.337 e. The Morgan fingerprint density at radius 2 is 1.17 bits per heavy atom. The van der Waals surface area contributed by atoms with Gasteiger partial charge in [0.2, 0.25) is 0 Å². The molecule has 0 aliphatic heterocycles. The molecule has 0 rings (SSSR count). The zero-order valence-corrected chi connectivity index (χ0v) is 8.80. The van der Waals surface area contributed by atoms with Crippen LogP contribution in [0.25, 0.3) is 0 Å². The first-order valence-corrected chi connectivity index (χ1v) is 4.61. The first kappa shape index (κ1) is 13.8. The Morgan fingerprint density at radius 3 is 1.17 bits per heavy atom. The molecule has 0 radical (unpaired) electrons. The highest BCUT2D eigenvalue weighted by Crippen LogP contribution is 2.03. The Morgan fingerprint density at radius 1 is 1.00 bits per heavy atom. The number of nitrogens with two attached hydrogens (primary N) is 1. The van der Waals surface area contributed by atoms with Gasteiger partial charge in [0, 0.05) is 0 Å². The van der Waals surface area contributed by atoms with Gasteiger partial charge in [0.05, 0.1) is 26.2 Å². The molecule has 0 bridgehead atoms. The highest BCUT2D eigenvalue weighted by molar-refractivity contribution is 4.46. The Labute approximate surface area is 76.4 Å². The van der Waals surface area contributed by atoms with Crippen molar-refractivity contribution in [3.63, 3.8) is 0 Å². The zero-order valence-electron chi connectivity index (χ0n) is 8.80. The predicted molar refractivity (Wildman–Crippen MR) is 52.2 cm³/mol. The van der Waals surface area contributed by atoms with Gasteiger partial charge in [-0.15, -0.1) is 0 Å². The second kappa shape index (κ2) is 8.35. The first-order valence-electron chi connectivity index (χ1n) is 4.61. The third-order valence-electron chi connectivity index (χ3n) is 2.68. The minimum absolute atomic E-state index is 1.25. The summed E-state index contributed by atoms with van der Waals surface area (Å²) in [5.74, 6) is 0. The van der Waals surface area contributed by atoms with Crippen LogP contribution in [0.4, 0.5) is 0 Å². The summed E-state index contributed by atoms with van der Waals surface area (Å²) in [4.78, 5) is 0. The topological polar surface area (TPSA) is 49.8 Å². The molecule has 3 nitrogen and oxygen atoms in total. The maximum atomic E-state index is 7.10. The molecule has 72 valence electrons. The quantitative estimate of drug-likeness (QED) is 0.395. The van der Waals surface area contributed by atoms with E-state index in [9.17, 15) is 0 Å². The van der Waals surface area contributed by atoms with Crippen LogP contribution in [-0.2, 0) is 0 Å². The van der Waals surface area contributed by atoms with E-state index in [0.29, 0.717) is 0 Å². The fourth-order valence-electron chi connectivity index (χ4n) is 1.34. The number of hydrogen-bond donors (Lipinski definition) is 1. The molecule has 0 aliphatic carbocycles. The average Bonchev–Trinajstić information content (AvgIpc) is 2.11. The summed E-state index contributed by atoms with van der Waals surface area (Å²) >= 11 is 0. The van der Waals surface area contributed by atoms with Gasteiger partial charge in [-0.05, 0) is 27.7 Å². The van der Waals surface area contributed by atoms with Crippen molar-refractivity contribution in [3.8, 4) is 6.19 Å².